The van der Waals surface area contributed by atoms with E-state index in [1.807, 2.05) is 6.92 Å². The van der Waals surface area contributed by atoms with E-state index in [0.29, 0.717) is 11.3 Å². The van der Waals surface area contributed by atoms with E-state index < -0.39 is 21.8 Å². The molecule has 2 aromatic carbocycles. The van der Waals surface area contributed by atoms with Gasteiger partial charge in [-0.25, -0.2) is 0 Å². The van der Waals surface area contributed by atoms with Crippen molar-refractivity contribution in [1.29, 1.82) is 0 Å². The fraction of sp³-hybridized carbons (Fsp3) is 0.167. The van der Waals surface area contributed by atoms with Crippen LogP contribution in [-0.2, 0) is 0 Å². The number of hydrogen-bond acceptors (Lipinski definition) is 4. The molecule has 10 heteroatoms. The Morgan fingerprint density at radius 1 is 1.04 bits per heavy atom. The van der Waals surface area contributed by atoms with E-state index in [1.165, 1.54) is 18.2 Å². The number of aromatic carboxylic acids is 1. The smallest absolute Gasteiger partial charge is 0.252 e. The molecule has 0 bridgehead atoms. The molecule has 0 aromatic heterocycles. The van der Waals surface area contributed by atoms with Crippen molar-refractivity contribution >= 4 is 69.7 Å². The molecule has 0 aliphatic heterocycles. The van der Waals surface area contributed by atoms with Crippen LogP contribution in [0.1, 0.15) is 26.3 Å². The van der Waals surface area contributed by atoms with Gasteiger partial charge >= 0.3 is 0 Å². The third kappa shape index (κ3) is 6.53. The molecule has 0 unspecified atom stereocenters. The second kappa shape index (κ2) is 9.43. The van der Waals surface area contributed by atoms with Crippen LogP contribution in [0.3, 0.4) is 0 Å². The lowest BCUT2D eigenvalue weighted by Gasteiger charge is -2.28. The van der Waals surface area contributed by atoms with Gasteiger partial charge in [0.1, 0.15) is 6.17 Å². The quantitative estimate of drug-likeness (QED) is 0.362. The molecule has 0 aliphatic rings. The molecule has 2 rings (SSSR count). The van der Waals surface area contributed by atoms with Crippen LogP contribution in [0.4, 0.5) is 5.69 Å². The van der Waals surface area contributed by atoms with E-state index >= 15 is 0 Å². The maximum Gasteiger partial charge on any atom is 0.252 e. The highest BCUT2D eigenvalue weighted by molar-refractivity contribution is 7.80. The Balaban J connectivity index is 2.08. The first-order chi connectivity index (χ1) is 13.1. The summed E-state index contributed by atoms with van der Waals surface area (Å²) in [4.78, 5) is 23.3. The fourth-order valence-electron chi connectivity index (χ4n) is 2.14. The van der Waals surface area contributed by atoms with Gasteiger partial charge in [0.05, 0.1) is 5.97 Å². The third-order valence-electron chi connectivity index (χ3n) is 3.55. The molecule has 0 heterocycles. The maximum atomic E-state index is 12.4. The van der Waals surface area contributed by atoms with Crippen molar-refractivity contribution in [3.05, 3.63) is 65.2 Å². The number of thiocarbonyl (C=S) groups is 1. The van der Waals surface area contributed by atoms with Gasteiger partial charge in [-0.3, -0.25) is 4.79 Å². The Labute approximate surface area is 182 Å². The van der Waals surface area contributed by atoms with Gasteiger partial charge in [0.15, 0.2) is 5.11 Å². The summed E-state index contributed by atoms with van der Waals surface area (Å²) in [6.07, 6.45) is -1.16. The number of carboxylic acid groups (broad SMARTS) is 1. The van der Waals surface area contributed by atoms with E-state index in [1.54, 1.807) is 30.3 Å². The third-order valence-corrected chi connectivity index (χ3v) is 4.42. The first-order valence-corrected chi connectivity index (χ1v) is 9.43. The van der Waals surface area contributed by atoms with Crippen molar-refractivity contribution in [2.24, 2.45) is 0 Å². The number of amides is 1. The SMILES string of the molecule is Cc1ccc(C(=O)N[C@H](NC(=S)Nc2cccc(C(=O)[O-])c2)C(Cl)(Cl)Cl)cc1. The molecule has 0 saturated carbocycles. The summed E-state index contributed by atoms with van der Waals surface area (Å²) in [7, 11) is 0. The number of carboxylic acids is 1. The summed E-state index contributed by atoms with van der Waals surface area (Å²) in [5.41, 5.74) is 1.73. The molecule has 6 nitrogen and oxygen atoms in total. The van der Waals surface area contributed by atoms with Crippen molar-refractivity contribution in [1.82, 2.24) is 10.6 Å². The second-order valence-electron chi connectivity index (χ2n) is 5.78. The number of benzene rings is 2. The average molecular weight is 460 g/mol. The number of nitrogens with one attached hydrogen (secondary N) is 3. The molecule has 148 valence electrons. The monoisotopic (exact) mass is 458 g/mol. The van der Waals surface area contributed by atoms with Gasteiger partial charge in [0.25, 0.3) is 5.91 Å². The van der Waals surface area contributed by atoms with Gasteiger partial charge in [0.2, 0.25) is 3.79 Å². The van der Waals surface area contributed by atoms with Crippen LogP contribution < -0.4 is 21.1 Å². The topological polar surface area (TPSA) is 93.3 Å². The van der Waals surface area contributed by atoms with Crippen molar-refractivity contribution in [2.75, 3.05) is 5.32 Å². The standard InChI is InChI=1S/C18H16Cl3N3O3S/c1-10-5-7-11(8-6-10)14(25)23-16(18(19,20)21)24-17(28)22-13-4-2-3-12(9-13)15(26)27/h2-9,16H,1H3,(H,23,25)(H,26,27)(H2,22,24,28)/p-1/t16-/m1/s1. The fourth-order valence-corrected chi connectivity index (χ4v) is 2.70. The highest BCUT2D eigenvalue weighted by atomic mass is 35.6. The first kappa shape index (κ1) is 22.2. The van der Waals surface area contributed by atoms with Crippen LogP contribution in [0.2, 0.25) is 0 Å². The van der Waals surface area contributed by atoms with Crippen LogP contribution in [0.5, 0.6) is 0 Å². The molecular formula is C18H15Cl3N3O3S-. The summed E-state index contributed by atoms with van der Waals surface area (Å²) >= 11 is 23.0. The van der Waals surface area contributed by atoms with Crippen LogP contribution >= 0.6 is 47.0 Å². The van der Waals surface area contributed by atoms with E-state index in [0.717, 1.165) is 5.56 Å². The van der Waals surface area contributed by atoms with Crippen molar-refractivity contribution < 1.29 is 14.7 Å². The molecule has 0 radical (unpaired) electrons. The summed E-state index contributed by atoms with van der Waals surface area (Å²) in [5, 5.41) is 19.0. The normalized spacial score (nSPS) is 12.0. The van der Waals surface area contributed by atoms with Crippen LogP contribution in [-0.4, -0.2) is 26.9 Å². The van der Waals surface area contributed by atoms with Crippen LogP contribution in [0, 0.1) is 6.92 Å². The van der Waals surface area contributed by atoms with Crippen LogP contribution in [0.15, 0.2) is 48.5 Å². The largest absolute Gasteiger partial charge is 0.545 e. The number of alkyl halides is 3. The molecule has 0 fully saturated rings. The predicted octanol–water partition coefficient (Wildman–Crippen LogP) is 2.77. The van der Waals surface area contributed by atoms with Gasteiger partial charge in [0, 0.05) is 11.3 Å². The minimum atomic E-state index is -1.92. The maximum absolute atomic E-state index is 12.4. The zero-order valence-electron chi connectivity index (χ0n) is 14.5. The number of halogens is 3. The van der Waals surface area contributed by atoms with Gasteiger partial charge in [-0.2, -0.15) is 0 Å². The molecule has 3 N–H and O–H groups in total. The number of anilines is 1. The number of aryl methyl sites for hydroxylation is 1. The highest BCUT2D eigenvalue weighted by Gasteiger charge is 2.34. The molecule has 1 amide bonds. The lowest BCUT2D eigenvalue weighted by molar-refractivity contribution is -0.255. The summed E-state index contributed by atoms with van der Waals surface area (Å²) < 4.78 is -1.92. The van der Waals surface area contributed by atoms with Gasteiger partial charge < -0.3 is 25.9 Å². The lowest BCUT2D eigenvalue weighted by atomic mass is 10.1. The summed E-state index contributed by atoms with van der Waals surface area (Å²) in [6, 6.07) is 12.7. The molecule has 0 saturated heterocycles. The van der Waals surface area contributed by atoms with Crippen LogP contribution in [0.25, 0.3) is 0 Å². The molecular weight excluding hydrogens is 445 g/mol. The Bertz CT molecular complexity index is 886. The molecule has 0 spiro atoms. The number of hydrogen-bond donors (Lipinski definition) is 3. The van der Waals surface area contributed by atoms with Crippen molar-refractivity contribution in [3.63, 3.8) is 0 Å². The van der Waals surface area contributed by atoms with Gasteiger partial charge in [-0.05, 0) is 49.0 Å². The lowest BCUT2D eigenvalue weighted by Crippen LogP contribution is -2.56. The van der Waals surface area contributed by atoms with E-state index in [2.05, 4.69) is 16.0 Å². The predicted molar refractivity (Wildman–Crippen MR) is 113 cm³/mol. The van der Waals surface area contributed by atoms with E-state index in [9.17, 15) is 14.7 Å². The summed E-state index contributed by atoms with van der Waals surface area (Å²) in [5.74, 6) is -1.79. The molecule has 1 atom stereocenters. The van der Waals surface area contributed by atoms with Gasteiger partial charge in [-0.15, -0.1) is 0 Å². The Morgan fingerprint density at radius 3 is 2.25 bits per heavy atom. The van der Waals surface area contributed by atoms with Crippen molar-refractivity contribution in [3.8, 4) is 0 Å². The first-order valence-electron chi connectivity index (χ1n) is 7.89. The van der Waals surface area contributed by atoms with Crippen molar-refractivity contribution in [2.45, 2.75) is 16.9 Å². The molecule has 0 aliphatic carbocycles. The van der Waals surface area contributed by atoms with E-state index in [4.69, 9.17) is 47.0 Å². The Hall–Kier alpha value is -2.06. The Morgan fingerprint density at radius 2 is 1.68 bits per heavy atom. The number of carbonyl (C=O) groups is 2. The van der Waals surface area contributed by atoms with Gasteiger partial charge in [-0.1, -0.05) is 64.6 Å². The zero-order chi connectivity index (χ0) is 20.9. The Kier molecular flexibility index (Phi) is 7.48. The minimum absolute atomic E-state index is 0.0102. The van der Waals surface area contributed by atoms with E-state index in [-0.39, 0.29) is 10.7 Å². The molecule has 28 heavy (non-hydrogen) atoms. The number of carbonyl (C=O) groups excluding carboxylic acids is 2. The molecule has 2 aromatic rings. The minimum Gasteiger partial charge on any atom is -0.545 e. The zero-order valence-corrected chi connectivity index (χ0v) is 17.5. The number of rotatable bonds is 5. The highest BCUT2D eigenvalue weighted by Crippen LogP contribution is 2.29. The average Bonchev–Trinajstić information content (AvgIpc) is 2.61. The summed E-state index contributed by atoms with van der Waals surface area (Å²) in [6.45, 7) is 1.90. The second-order valence-corrected chi connectivity index (χ2v) is 8.56.